The first-order valence-electron chi connectivity index (χ1n) is 7.48. The second-order valence-corrected chi connectivity index (χ2v) is 8.12. The lowest BCUT2D eigenvalue weighted by molar-refractivity contribution is -0.151. The highest BCUT2D eigenvalue weighted by Gasteiger charge is 2.51. The molecule has 0 bridgehead atoms. The van der Waals surface area contributed by atoms with E-state index in [1.165, 1.54) is 0 Å². The third-order valence-corrected chi connectivity index (χ3v) is 6.53. The third kappa shape index (κ3) is 2.52. The van der Waals surface area contributed by atoms with Gasteiger partial charge in [0, 0.05) is 9.35 Å². The van der Waals surface area contributed by atoms with E-state index in [2.05, 4.69) is 21.2 Å². The lowest BCUT2D eigenvalue weighted by atomic mass is 10.0. The quantitative estimate of drug-likeness (QED) is 0.887. The maximum Gasteiger partial charge on any atom is 0.246 e. The summed E-state index contributed by atoms with van der Waals surface area (Å²) in [5, 5.41) is 5.00. The smallest absolute Gasteiger partial charge is 0.246 e. The van der Waals surface area contributed by atoms with Crippen LogP contribution < -0.4 is 5.32 Å². The molecule has 1 saturated heterocycles. The van der Waals surface area contributed by atoms with E-state index in [-0.39, 0.29) is 23.9 Å². The fraction of sp³-hybridized carbons (Fsp3) is 0.600. The fourth-order valence-electron chi connectivity index (χ4n) is 3.16. The van der Waals surface area contributed by atoms with Crippen LogP contribution in [0.3, 0.4) is 0 Å². The van der Waals surface area contributed by atoms with Crippen molar-refractivity contribution in [3.63, 3.8) is 0 Å². The van der Waals surface area contributed by atoms with Gasteiger partial charge in [-0.3, -0.25) is 9.59 Å². The predicted molar refractivity (Wildman–Crippen MR) is 83.7 cm³/mol. The van der Waals surface area contributed by atoms with E-state index in [1.54, 1.807) is 11.3 Å². The van der Waals surface area contributed by atoms with E-state index in [4.69, 9.17) is 0 Å². The van der Waals surface area contributed by atoms with Crippen molar-refractivity contribution in [1.29, 1.82) is 0 Å². The molecule has 3 aliphatic rings. The van der Waals surface area contributed by atoms with Crippen molar-refractivity contribution in [1.82, 2.24) is 10.2 Å². The van der Waals surface area contributed by atoms with E-state index < -0.39 is 0 Å². The molecule has 1 aliphatic heterocycles. The Morgan fingerprint density at radius 3 is 2.52 bits per heavy atom. The summed E-state index contributed by atoms with van der Waals surface area (Å²) in [6, 6.07) is 1.45. The number of nitrogens with zero attached hydrogens (tertiary/aromatic N) is 1. The summed E-state index contributed by atoms with van der Waals surface area (Å²) in [6.07, 6.45) is 4.23. The van der Waals surface area contributed by atoms with Crippen LogP contribution in [0.15, 0.2) is 15.9 Å². The van der Waals surface area contributed by atoms with Crippen LogP contribution in [0.4, 0.5) is 0 Å². The van der Waals surface area contributed by atoms with Gasteiger partial charge in [0.05, 0.1) is 6.54 Å². The number of halogens is 1. The number of piperazine rings is 1. The molecule has 2 amide bonds. The molecule has 2 unspecified atom stereocenters. The number of carbonyl (C=O) groups excluding carboxylic acids is 2. The molecule has 0 spiro atoms. The Kier molecular flexibility index (Phi) is 3.34. The monoisotopic (exact) mass is 368 g/mol. The van der Waals surface area contributed by atoms with Crippen molar-refractivity contribution in [2.45, 2.75) is 44.3 Å². The van der Waals surface area contributed by atoms with Crippen LogP contribution >= 0.6 is 27.3 Å². The first-order chi connectivity index (χ1) is 10.1. The normalized spacial score (nSPS) is 29.7. The van der Waals surface area contributed by atoms with Gasteiger partial charge in [0.25, 0.3) is 0 Å². The Labute approximate surface area is 136 Å². The van der Waals surface area contributed by atoms with Crippen LogP contribution in [-0.4, -0.2) is 28.8 Å². The molecule has 21 heavy (non-hydrogen) atoms. The molecular formula is C15H17BrN2O2S. The SMILES string of the molecule is O=C1NC(C2CC2)C(=O)N(Cc2sccc2Br)C1C1CC1. The Morgan fingerprint density at radius 1 is 1.24 bits per heavy atom. The lowest BCUT2D eigenvalue weighted by Crippen LogP contribution is -2.64. The maximum atomic E-state index is 12.8. The first kappa shape index (κ1) is 13.8. The third-order valence-electron chi connectivity index (χ3n) is 4.62. The van der Waals surface area contributed by atoms with E-state index in [1.807, 2.05) is 16.3 Å². The summed E-state index contributed by atoms with van der Waals surface area (Å²) in [5.41, 5.74) is 0. The second kappa shape index (κ2) is 5.09. The molecule has 2 atom stereocenters. The Morgan fingerprint density at radius 2 is 1.95 bits per heavy atom. The van der Waals surface area contributed by atoms with Crippen LogP contribution in [0.2, 0.25) is 0 Å². The largest absolute Gasteiger partial charge is 0.342 e. The second-order valence-electron chi connectivity index (χ2n) is 6.26. The summed E-state index contributed by atoms with van der Waals surface area (Å²) in [4.78, 5) is 28.3. The number of hydrogen-bond donors (Lipinski definition) is 1. The van der Waals surface area contributed by atoms with Gasteiger partial charge in [0.2, 0.25) is 11.8 Å². The first-order valence-corrected chi connectivity index (χ1v) is 9.15. The van der Waals surface area contributed by atoms with Crippen molar-refractivity contribution in [3.05, 3.63) is 20.8 Å². The molecule has 3 fully saturated rings. The minimum absolute atomic E-state index is 0.0571. The number of thiophene rings is 1. The molecule has 2 heterocycles. The summed E-state index contributed by atoms with van der Waals surface area (Å²) >= 11 is 5.16. The van der Waals surface area contributed by atoms with Crippen LogP contribution in [-0.2, 0) is 16.1 Å². The number of amides is 2. The molecule has 2 saturated carbocycles. The number of hydrogen-bond acceptors (Lipinski definition) is 3. The van der Waals surface area contributed by atoms with E-state index in [9.17, 15) is 9.59 Å². The van der Waals surface area contributed by atoms with Crippen molar-refractivity contribution in [3.8, 4) is 0 Å². The lowest BCUT2D eigenvalue weighted by Gasteiger charge is -2.39. The fourth-order valence-corrected chi connectivity index (χ4v) is 4.63. The van der Waals surface area contributed by atoms with Gasteiger partial charge < -0.3 is 10.2 Å². The molecule has 1 aromatic rings. The van der Waals surface area contributed by atoms with Crippen LogP contribution in [0.25, 0.3) is 0 Å². The zero-order valence-corrected chi connectivity index (χ0v) is 14.0. The zero-order chi connectivity index (χ0) is 14.6. The number of carbonyl (C=O) groups is 2. The molecule has 4 nitrogen and oxygen atoms in total. The average Bonchev–Trinajstić information content (AvgIpc) is 3.34. The summed E-state index contributed by atoms with van der Waals surface area (Å²) in [6.45, 7) is 0.550. The Bertz CT molecular complexity index is 594. The molecule has 1 N–H and O–H groups in total. The average molecular weight is 369 g/mol. The molecule has 0 radical (unpaired) electrons. The van der Waals surface area contributed by atoms with Gasteiger partial charge in [-0.15, -0.1) is 11.3 Å². The Balaban J connectivity index is 1.62. The van der Waals surface area contributed by atoms with Crippen LogP contribution in [0.1, 0.15) is 30.6 Å². The van der Waals surface area contributed by atoms with Crippen molar-refractivity contribution >= 4 is 39.1 Å². The van der Waals surface area contributed by atoms with Gasteiger partial charge in [-0.2, -0.15) is 0 Å². The minimum atomic E-state index is -0.286. The van der Waals surface area contributed by atoms with Crippen molar-refractivity contribution in [2.75, 3.05) is 0 Å². The highest BCUT2D eigenvalue weighted by atomic mass is 79.9. The van der Waals surface area contributed by atoms with Gasteiger partial charge in [0.1, 0.15) is 12.1 Å². The number of rotatable bonds is 4. The van der Waals surface area contributed by atoms with Gasteiger partial charge in [0.15, 0.2) is 0 Å². The topological polar surface area (TPSA) is 49.4 Å². The zero-order valence-electron chi connectivity index (χ0n) is 11.5. The van der Waals surface area contributed by atoms with Crippen LogP contribution in [0, 0.1) is 11.8 Å². The highest BCUT2D eigenvalue weighted by molar-refractivity contribution is 9.10. The number of nitrogens with one attached hydrogen (secondary N) is 1. The minimum Gasteiger partial charge on any atom is -0.342 e. The van der Waals surface area contributed by atoms with Gasteiger partial charge >= 0.3 is 0 Å². The van der Waals surface area contributed by atoms with Gasteiger partial charge in [-0.05, 0) is 64.9 Å². The summed E-state index contributed by atoms with van der Waals surface area (Å²) in [7, 11) is 0. The molecule has 112 valence electrons. The predicted octanol–water partition coefficient (Wildman–Crippen LogP) is 2.53. The summed E-state index contributed by atoms with van der Waals surface area (Å²) < 4.78 is 1.03. The van der Waals surface area contributed by atoms with E-state index >= 15 is 0 Å². The van der Waals surface area contributed by atoms with Gasteiger partial charge in [-0.1, -0.05) is 0 Å². The molecule has 4 rings (SSSR count). The van der Waals surface area contributed by atoms with E-state index in [0.717, 1.165) is 35.0 Å². The molecule has 2 aliphatic carbocycles. The molecule has 1 aromatic heterocycles. The highest BCUT2D eigenvalue weighted by Crippen LogP contribution is 2.41. The maximum absolute atomic E-state index is 12.8. The van der Waals surface area contributed by atoms with Crippen LogP contribution in [0.5, 0.6) is 0 Å². The standard InChI is InChI=1S/C15H17BrN2O2S/c16-10-5-6-21-11(10)7-18-13(9-3-4-9)14(19)17-12(15(18)20)8-1-2-8/h5-6,8-9,12-13H,1-4,7H2,(H,17,19). The van der Waals surface area contributed by atoms with E-state index in [0.29, 0.717) is 18.4 Å². The molecule has 6 heteroatoms. The van der Waals surface area contributed by atoms with Crippen molar-refractivity contribution < 1.29 is 9.59 Å². The van der Waals surface area contributed by atoms with Crippen molar-refractivity contribution in [2.24, 2.45) is 11.8 Å². The molecule has 0 aromatic carbocycles. The Hall–Kier alpha value is -0.880. The summed E-state index contributed by atoms with van der Waals surface area (Å²) in [5.74, 6) is 0.889. The van der Waals surface area contributed by atoms with Gasteiger partial charge in [-0.25, -0.2) is 0 Å². The molecular weight excluding hydrogens is 352 g/mol.